The van der Waals surface area contributed by atoms with Crippen LogP contribution in [0.15, 0.2) is 57.7 Å². The molecular weight excluding hydrogens is 280 g/mol. The molecule has 2 aromatic carbocycles. The maximum atomic E-state index is 12.3. The summed E-state index contributed by atoms with van der Waals surface area (Å²) in [5.41, 5.74) is 2.33. The van der Waals surface area contributed by atoms with Gasteiger partial charge in [-0.1, -0.05) is 31.2 Å². The summed E-state index contributed by atoms with van der Waals surface area (Å²) in [4.78, 5) is 23.1. The molecule has 22 heavy (non-hydrogen) atoms. The monoisotopic (exact) mass is 294 g/mol. The van der Waals surface area contributed by atoms with E-state index in [2.05, 4.69) is 0 Å². The summed E-state index contributed by atoms with van der Waals surface area (Å²) in [6.45, 7) is 2.00. The molecule has 0 aliphatic carbocycles. The van der Waals surface area contributed by atoms with Crippen molar-refractivity contribution in [3.63, 3.8) is 0 Å². The van der Waals surface area contributed by atoms with E-state index >= 15 is 0 Å². The molecule has 3 aromatic rings. The van der Waals surface area contributed by atoms with Gasteiger partial charge in [0.1, 0.15) is 11.3 Å². The number of para-hydroxylation sites is 1. The van der Waals surface area contributed by atoms with Crippen molar-refractivity contribution in [3.8, 4) is 11.3 Å². The first-order valence-electron chi connectivity index (χ1n) is 6.99. The Hall–Kier alpha value is -2.88. The second kappa shape index (κ2) is 5.48. The number of hydrogen-bond acceptors (Lipinski definition) is 3. The van der Waals surface area contributed by atoms with E-state index in [-0.39, 0.29) is 11.0 Å². The summed E-state index contributed by atoms with van der Waals surface area (Å²) >= 11 is 0. The van der Waals surface area contributed by atoms with Gasteiger partial charge in [0.25, 0.3) is 0 Å². The van der Waals surface area contributed by atoms with Gasteiger partial charge in [0, 0.05) is 11.6 Å². The third kappa shape index (κ3) is 2.39. The molecule has 1 N–H and O–H groups in total. The van der Waals surface area contributed by atoms with E-state index in [9.17, 15) is 9.59 Å². The summed E-state index contributed by atoms with van der Waals surface area (Å²) in [7, 11) is 0. The predicted octanol–water partition coefficient (Wildman–Crippen LogP) is 3.72. The molecule has 0 saturated carbocycles. The zero-order chi connectivity index (χ0) is 15.7. The average Bonchev–Trinajstić information content (AvgIpc) is 2.54. The molecule has 1 heterocycles. The van der Waals surface area contributed by atoms with E-state index < -0.39 is 5.97 Å². The molecule has 110 valence electrons. The van der Waals surface area contributed by atoms with Crippen LogP contribution in [-0.2, 0) is 6.42 Å². The maximum Gasteiger partial charge on any atom is 0.335 e. The quantitative estimate of drug-likeness (QED) is 0.799. The number of benzene rings is 2. The zero-order valence-corrected chi connectivity index (χ0v) is 12.0. The summed E-state index contributed by atoms with van der Waals surface area (Å²) in [5.74, 6) is -0.546. The molecule has 4 heteroatoms. The van der Waals surface area contributed by atoms with Gasteiger partial charge in [-0.2, -0.15) is 0 Å². The third-order valence-electron chi connectivity index (χ3n) is 3.63. The van der Waals surface area contributed by atoms with Gasteiger partial charge in [-0.25, -0.2) is 4.79 Å². The first-order chi connectivity index (χ1) is 10.6. The lowest BCUT2D eigenvalue weighted by Gasteiger charge is -2.06. The SMILES string of the molecule is CCc1cccc2c(=O)cc(-c3ccc(C(=O)O)cc3)oc12. The number of carbonyl (C=O) groups is 1. The van der Waals surface area contributed by atoms with Gasteiger partial charge < -0.3 is 9.52 Å². The predicted molar refractivity (Wildman–Crippen MR) is 84.3 cm³/mol. The summed E-state index contributed by atoms with van der Waals surface area (Å²) in [6.07, 6.45) is 0.766. The van der Waals surface area contributed by atoms with E-state index in [0.29, 0.717) is 22.3 Å². The van der Waals surface area contributed by atoms with Crippen LogP contribution in [0.2, 0.25) is 0 Å². The van der Waals surface area contributed by atoms with E-state index in [1.54, 1.807) is 18.2 Å². The molecule has 0 saturated heterocycles. The van der Waals surface area contributed by atoms with Gasteiger partial charge in [0.15, 0.2) is 5.43 Å². The molecule has 0 aliphatic heterocycles. The minimum Gasteiger partial charge on any atom is -0.478 e. The molecule has 3 rings (SSSR count). The lowest BCUT2D eigenvalue weighted by Crippen LogP contribution is -2.02. The fraction of sp³-hybridized carbons (Fsp3) is 0.111. The second-order valence-electron chi connectivity index (χ2n) is 5.00. The molecular formula is C18H14O4. The minimum atomic E-state index is -0.986. The van der Waals surface area contributed by atoms with Crippen molar-refractivity contribution in [1.82, 2.24) is 0 Å². The highest BCUT2D eigenvalue weighted by Crippen LogP contribution is 2.25. The first kappa shape index (κ1) is 14.1. The van der Waals surface area contributed by atoms with Crippen LogP contribution in [0.4, 0.5) is 0 Å². The Bertz CT molecular complexity index is 905. The molecule has 0 radical (unpaired) electrons. The Balaban J connectivity index is 2.19. The van der Waals surface area contributed by atoms with E-state index in [1.165, 1.54) is 18.2 Å². The number of rotatable bonds is 3. The molecule has 0 fully saturated rings. The van der Waals surface area contributed by atoms with Crippen LogP contribution < -0.4 is 5.43 Å². The number of aromatic carboxylic acids is 1. The van der Waals surface area contributed by atoms with E-state index in [4.69, 9.17) is 9.52 Å². The zero-order valence-electron chi connectivity index (χ0n) is 12.0. The largest absolute Gasteiger partial charge is 0.478 e. The van der Waals surface area contributed by atoms with Crippen molar-refractivity contribution >= 4 is 16.9 Å². The Morgan fingerprint density at radius 2 is 1.86 bits per heavy atom. The van der Waals surface area contributed by atoms with Crippen molar-refractivity contribution < 1.29 is 14.3 Å². The first-order valence-corrected chi connectivity index (χ1v) is 6.99. The van der Waals surface area contributed by atoms with Gasteiger partial charge in [0.05, 0.1) is 10.9 Å². The van der Waals surface area contributed by atoms with Crippen molar-refractivity contribution in [3.05, 3.63) is 69.9 Å². The topological polar surface area (TPSA) is 67.5 Å². The van der Waals surface area contributed by atoms with Crippen LogP contribution in [0.25, 0.3) is 22.3 Å². The molecule has 0 atom stereocenters. The van der Waals surface area contributed by atoms with Gasteiger partial charge in [-0.15, -0.1) is 0 Å². The maximum absolute atomic E-state index is 12.3. The molecule has 0 unspecified atom stereocenters. The smallest absolute Gasteiger partial charge is 0.335 e. The molecule has 4 nitrogen and oxygen atoms in total. The van der Waals surface area contributed by atoms with Gasteiger partial charge in [0.2, 0.25) is 0 Å². The van der Waals surface area contributed by atoms with Crippen molar-refractivity contribution in [2.75, 3.05) is 0 Å². The standard InChI is InChI=1S/C18H14O4/c1-2-11-4-3-5-14-15(19)10-16(22-17(11)14)12-6-8-13(9-7-12)18(20)21/h3-10H,2H2,1H3,(H,20,21). The molecule has 0 aliphatic rings. The van der Waals surface area contributed by atoms with Crippen LogP contribution in [0, 0.1) is 0 Å². The van der Waals surface area contributed by atoms with Gasteiger partial charge >= 0.3 is 5.97 Å². The number of carboxylic acids is 1. The fourth-order valence-electron chi connectivity index (χ4n) is 2.43. The molecule has 0 bridgehead atoms. The third-order valence-corrected chi connectivity index (χ3v) is 3.63. The van der Waals surface area contributed by atoms with Gasteiger partial charge in [-0.05, 0) is 30.2 Å². The Kier molecular flexibility index (Phi) is 3.51. The summed E-state index contributed by atoms with van der Waals surface area (Å²) < 4.78 is 5.90. The normalized spacial score (nSPS) is 10.8. The average molecular weight is 294 g/mol. The van der Waals surface area contributed by atoms with Crippen LogP contribution in [0.1, 0.15) is 22.8 Å². The number of aryl methyl sites for hydroxylation is 1. The fourth-order valence-corrected chi connectivity index (χ4v) is 2.43. The van der Waals surface area contributed by atoms with Crippen LogP contribution >= 0.6 is 0 Å². The Morgan fingerprint density at radius 1 is 1.14 bits per heavy atom. The van der Waals surface area contributed by atoms with Gasteiger partial charge in [-0.3, -0.25) is 4.79 Å². The molecule has 1 aromatic heterocycles. The molecule has 0 amide bonds. The van der Waals surface area contributed by atoms with Crippen LogP contribution in [0.5, 0.6) is 0 Å². The van der Waals surface area contributed by atoms with Crippen LogP contribution in [-0.4, -0.2) is 11.1 Å². The number of carboxylic acid groups (broad SMARTS) is 1. The highest BCUT2D eigenvalue weighted by atomic mass is 16.4. The van der Waals surface area contributed by atoms with Crippen LogP contribution in [0.3, 0.4) is 0 Å². The highest BCUT2D eigenvalue weighted by Gasteiger charge is 2.10. The van der Waals surface area contributed by atoms with Crippen molar-refractivity contribution in [1.29, 1.82) is 0 Å². The Morgan fingerprint density at radius 3 is 2.50 bits per heavy atom. The number of hydrogen-bond donors (Lipinski definition) is 1. The summed E-state index contributed by atoms with van der Waals surface area (Å²) in [5, 5.41) is 9.49. The lowest BCUT2D eigenvalue weighted by molar-refractivity contribution is 0.0697. The van der Waals surface area contributed by atoms with E-state index in [0.717, 1.165) is 12.0 Å². The second-order valence-corrected chi connectivity index (χ2v) is 5.00. The minimum absolute atomic E-state index is 0.103. The van der Waals surface area contributed by atoms with Crippen molar-refractivity contribution in [2.45, 2.75) is 13.3 Å². The summed E-state index contributed by atoms with van der Waals surface area (Å²) in [6, 6.07) is 13.2. The molecule has 0 spiro atoms. The Labute approximate surface area is 126 Å². The number of fused-ring (bicyclic) bond motifs is 1. The highest BCUT2D eigenvalue weighted by molar-refractivity contribution is 5.88. The van der Waals surface area contributed by atoms with Crippen molar-refractivity contribution in [2.24, 2.45) is 0 Å². The van der Waals surface area contributed by atoms with E-state index in [1.807, 2.05) is 19.1 Å². The lowest BCUT2D eigenvalue weighted by atomic mass is 10.1.